The van der Waals surface area contributed by atoms with E-state index in [0.29, 0.717) is 11.8 Å². The molecule has 6 nitrogen and oxygen atoms in total. The number of ether oxygens (including phenoxy) is 2. The molecule has 2 fully saturated rings. The van der Waals surface area contributed by atoms with Gasteiger partial charge in [0.15, 0.2) is 6.61 Å². The van der Waals surface area contributed by atoms with Gasteiger partial charge in [-0.25, -0.2) is 0 Å². The number of rotatable bonds is 7. The number of aryl methyl sites for hydroxylation is 1. The second-order valence-electron chi connectivity index (χ2n) is 9.09. The fraction of sp³-hybridized carbons (Fsp3) is 0.500. The van der Waals surface area contributed by atoms with E-state index < -0.39 is 0 Å². The summed E-state index contributed by atoms with van der Waals surface area (Å²) in [6, 6.07) is 16.3. The Morgan fingerprint density at radius 1 is 0.875 bits per heavy atom. The first-order valence-corrected chi connectivity index (χ1v) is 11.7. The molecule has 0 radical (unpaired) electrons. The maximum Gasteiger partial charge on any atom is 0.258 e. The average Bonchev–Trinajstić information content (AvgIpc) is 2.81. The van der Waals surface area contributed by atoms with E-state index in [0.717, 1.165) is 37.4 Å². The number of benzene rings is 2. The zero-order valence-corrected chi connectivity index (χ0v) is 19.3. The number of piperidine rings is 2. The molecule has 0 saturated carbocycles. The van der Waals surface area contributed by atoms with Crippen molar-refractivity contribution in [1.29, 1.82) is 0 Å². The zero-order chi connectivity index (χ0) is 22.3. The minimum Gasteiger partial charge on any atom is -0.484 e. The van der Waals surface area contributed by atoms with Gasteiger partial charge < -0.3 is 24.6 Å². The van der Waals surface area contributed by atoms with E-state index in [4.69, 9.17) is 9.47 Å². The number of hydrogen-bond donors (Lipinski definition) is 1. The standard InChI is InChI=1S/C26H35N3O3/c1-20-3-5-24(6-4-20)32-25-9-7-23(8-10-25)31-19-26(30)27-21-11-17-29(18-12-21)22-13-15-28(2)16-14-22/h3-10,21-22H,11-19H2,1-2H3,(H,27,30). The molecular formula is C26H35N3O3. The lowest BCUT2D eigenvalue weighted by Crippen LogP contribution is -2.51. The van der Waals surface area contributed by atoms with Crippen LogP contribution in [0.5, 0.6) is 17.2 Å². The molecule has 32 heavy (non-hydrogen) atoms. The molecule has 1 amide bonds. The maximum atomic E-state index is 12.4. The van der Waals surface area contributed by atoms with Crippen molar-refractivity contribution in [1.82, 2.24) is 15.1 Å². The first kappa shape index (κ1) is 22.6. The van der Waals surface area contributed by atoms with Crippen molar-refractivity contribution in [2.24, 2.45) is 0 Å². The van der Waals surface area contributed by atoms with Crippen LogP contribution < -0.4 is 14.8 Å². The lowest BCUT2D eigenvalue weighted by atomic mass is 9.98. The van der Waals surface area contributed by atoms with E-state index in [-0.39, 0.29) is 18.6 Å². The van der Waals surface area contributed by atoms with Gasteiger partial charge in [0, 0.05) is 25.2 Å². The summed E-state index contributed by atoms with van der Waals surface area (Å²) in [6.07, 6.45) is 4.55. The number of nitrogens with one attached hydrogen (secondary N) is 1. The lowest BCUT2D eigenvalue weighted by molar-refractivity contribution is -0.124. The van der Waals surface area contributed by atoms with Crippen molar-refractivity contribution < 1.29 is 14.3 Å². The molecule has 2 aliphatic heterocycles. The number of hydrogen-bond acceptors (Lipinski definition) is 5. The Balaban J connectivity index is 1.15. The first-order chi connectivity index (χ1) is 15.5. The fourth-order valence-electron chi connectivity index (χ4n) is 4.53. The first-order valence-electron chi connectivity index (χ1n) is 11.7. The molecule has 2 saturated heterocycles. The highest BCUT2D eigenvalue weighted by atomic mass is 16.5. The molecule has 4 rings (SSSR count). The fourth-order valence-corrected chi connectivity index (χ4v) is 4.53. The summed E-state index contributed by atoms with van der Waals surface area (Å²) >= 11 is 0. The van der Waals surface area contributed by atoms with Crippen LogP contribution in [0.15, 0.2) is 48.5 Å². The molecule has 1 N–H and O–H groups in total. The average molecular weight is 438 g/mol. The van der Waals surface area contributed by atoms with Crippen LogP contribution in [0.25, 0.3) is 0 Å². The summed E-state index contributed by atoms with van der Waals surface area (Å²) in [4.78, 5) is 17.4. The SMILES string of the molecule is Cc1ccc(Oc2ccc(OCC(=O)NC3CCN(C4CCN(C)CC4)CC3)cc2)cc1. The van der Waals surface area contributed by atoms with Crippen molar-refractivity contribution in [3.05, 3.63) is 54.1 Å². The Morgan fingerprint density at radius 3 is 2.06 bits per heavy atom. The van der Waals surface area contributed by atoms with Crippen LogP contribution in [-0.4, -0.2) is 67.6 Å². The third kappa shape index (κ3) is 6.47. The minimum absolute atomic E-state index is 0.0351. The molecule has 0 aliphatic carbocycles. The Bertz CT molecular complexity index is 853. The lowest BCUT2D eigenvalue weighted by Gasteiger charge is -2.41. The van der Waals surface area contributed by atoms with Gasteiger partial charge in [0.05, 0.1) is 0 Å². The third-order valence-corrected chi connectivity index (χ3v) is 6.55. The maximum absolute atomic E-state index is 12.4. The van der Waals surface area contributed by atoms with Crippen LogP contribution in [0.2, 0.25) is 0 Å². The smallest absolute Gasteiger partial charge is 0.258 e. The molecule has 2 heterocycles. The zero-order valence-electron chi connectivity index (χ0n) is 19.3. The Hall–Kier alpha value is -2.57. The van der Waals surface area contributed by atoms with Crippen molar-refractivity contribution in [2.75, 3.05) is 39.8 Å². The van der Waals surface area contributed by atoms with E-state index in [1.807, 2.05) is 55.5 Å². The summed E-state index contributed by atoms with van der Waals surface area (Å²) in [5.74, 6) is 2.14. The van der Waals surface area contributed by atoms with E-state index in [2.05, 4.69) is 22.2 Å². The van der Waals surface area contributed by atoms with Gasteiger partial charge in [-0.2, -0.15) is 0 Å². The Labute approximate surface area is 191 Å². The minimum atomic E-state index is -0.0530. The highest BCUT2D eigenvalue weighted by Gasteiger charge is 2.27. The van der Waals surface area contributed by atoms with Crippen LogP contribution in [0.1, 0.15) is 31.2 Å². The summed E-state index contributed by atoms with van der Waals surface area (Å²) in [7, 11) is 2.20. The van der Waals surface area contributed by atoms with Gasteiger partial charge >= 0.3 is 0 Å². The van der Waals surface area contributed by atoms with Gasteiger partial charge in [-0.3, -0.25) is 4.79 Å². The number of amides is 1. The molecule has 0 bridgehead atoms. The quantitative estimate of drug-likeness (QED) is 0.713. The number of nitrogens with zero attached hydrogens (tertiary/aromatic N) is 2. The largest absolute Gasteiger partial charge is 0.484 e. The van der Waals surface area contributed by atoms with E-state index in [1.165, 1.54) is 31.5 Å². The molecular weight excluding hydrogens is 402 g/mol. The number of likely N-dealkylation sites (tertiary alicyclic amines) is 2. The van der Waals surface area contributed by atoms with Crippen LogP contribution >= 0.6 is 0 Å². The summed E-state index contributed by atoms with van der Waals surface area (Å²) in [5, 5.41) is 3.14. The van der Waals surface area contributed by atoms with Gasteiger partial charge in [0.1, 0.15) is 17.2 Å². The van der Waals surface area contributed by atoms with Crippen molar-refractivity contribution >= 4 is 5.91 Å². The molecule has 172 valence electrons. The molecule has 0 atom stereocenters. The summed E-state index contributed by atoms with van der Waals surface area (Å²) < 4.78 is 11.5. The molecule has 0 spiro atoms. The second-order valence-corrected chi connectivity index (χ2v) is 9.09. The Kier molecular flexibility index (Phi) is 7.66. The van der Waals surface area contributed by atoms with Crippen molar-refractivity contribution in [3.63, 3.8) is 0 Å². The van der Waals surface area contributed by atoms with Crippen molar-refractivity contribution in [2.45, 2.75) is 44.7 Å². The van der Waals surface area contributed by atoms with Gasteiger partial charge in [-0.15, -0.1) is 0 Å². The van der Waals surface area contributed by atoms with Crippen molar-refractivity contribution in [3.8, 4) is 17.2 Å². The second kappa shape index (κ2) is 10.8. The normalized spacial score (nSPS) is 18.9. The molecule has 0 aromatic heterocycles. The monoisotopic (exact) mass is 437 g/mol. The third-order valence-electron chi connectivity index (χ3n) is 6.55. The van der Waals surface area contributed by atoms with E-state index in [9.17, 15) is 4.79 Å². The number of carbonyl (C=O) groups is 1. The molecule has 2 aliphatic rings. The predicted molar refractivity (Wildman–Crippen MR) is 126 cm³/mol. The topological polar surface area (TPSA) is 54.0 Å². The molecule has 0 unspecified atom stereocenters. The van der Waals surface area contributed by atoms with E-state index in [1.54, 1.807) is 0 Å². The molecule has 2 aromatic carbocycles. The van der Waals surface area contributed by atoms with Gasteiger partial charge in [-0.1, -0.05) is 17.7 Å². The number of carbonyl (C=O) groups excluding carboxylic acids is 1. The van der Waals surface area contributed by atoms with Crippen LogP contribution in [0.3, 0.4) is 0 Å². The van der Waals surface area contributed by atoms with Gasteiger partial charge in [0.25, 0.3) is 5.91 Å². The highest BCUT2D eigenvalue weighted by Crippen LogP contribution is 2.24. The van der Waals surface area contributed by atoms with Gasteiger partial charge in [-0.05, 0) is 89.1 Å². The molecule has 2 aromatic rings. The van der Waals surface area contributed by atoms with Gasteiger partial charge in [0.2, 0.25) is 0 Å². The summed E-state index contributed by atoms with van der Waals surface area (Å²) in [6.45, 7) is 6.61. The highest BCUT2D eigenvalue weighted by molar-refractivity contribution is 5.77. The van der Waals surface area contributed by atoms with Crippen LogP contribution in [0.4, 0.5) is 0 Å². The van der Waals surface area contributed by atoms with Crippen LogP contribution in [0, 0.1) is 6.92 Å². The van der Waals surface area contributed by atoms with E-state index >= 15 is 0 Å². The Morgan fingerprint density at radius 2 is 1.44 bits per heavy atom. The summed E-state index contributed by atoms with van der Waals surface area (Å²) in [5.41, 5.74) is 1.20. The predicted octanol–water partition coefficient (Wildman–Crippen LogP) is 3.84. The molecule has 6 heteroatoms. The van der Waals surface area contributed by atoms with Crippen LogP contribution in [-0.2, 0) is 4.79 Å².